The Bertz CT molecular complexity index is 643. The topological polar surface area (TPSA) is 94.5 Å². The van der Waals surface area contributed by atoms with Crippen molar-refractivity contribution in [3.05, 3.63) is 42.1 Å². The van der Waals surface area contributed by atoms with Gasteiger partial charge >= 0.3 is 0 Å². The molecule has 2 rings (SSSR count). The maximum atomic E-state index is 11.5. The Morgan fingerprint density at radius 1 is 1.35 bits per heavy atom. The minimum atomic E-state index is -0.574. The van der Waals surface area contributed by atoms with E-state index in [1.54, 1.807) is 19.1 Å². The largest absolute Gasteiger partial charge is 0.497 e. The molecule has 6 heteroatoms. The first kappa shape index (κ1) is 13.7. The number of pyridine rings is 1. The highest BCUT2D eigenvalue weighted by atomic mass is 16.5. The van der Waals surface area contributed by atoms with Gasteiger partial charge in [0.15, 0.2) is 0 Å². The third-order valence-electron chi connectivity index (χ3n) is 2.91. The SMILES string of the molecule is COc1cccc(N(C)c2ncc(N)cc2C(N)=O)c1. The van der Waals surface area contributed by atoms with Gasteiger partial charge in [0, 0.05) is 18.8 Å². The number of carbonyl (C=O) groups excluding carboxylic acids is 1. The predicted octanol–water partition coefficient (Wildman–Crippen LogP) is 1.54. The number of benzene rings is 1. The standard InChI is InChI=1S/C14H16N4O2/c1-18(10-4-3-5-11(7-10)20-2)14-12(13(16)19)6-9(15)8-17-14/h3-8H,15H2,1-2H3,(H2,16,19). The molecule has 1 amide bonds. The number of carbonyl (C=O) groups is 1. The first-order valence-corrected chi connectivity index (χ1v) is 5.96. The average molecular weight is 272 g/mol. The van der Waals surface area contributed by atoms with Crippen LogP contribution in [0.3, 0.4) is 0 Å². The molecule has 0 saturated heterocycles. The third-order valence-corrected chi connectivity index (χ3v) is 2.91. The second-order valence-corrected chi connectivity index (χ2v) is 4.26. The number of rotatable bonds is 4. The van der Waals surface area contributed by atoms with Crippen LogP contribution < -0.4 is 21.1 Å². The summed E-state index contributed by atoms with van der Waals surface area (Å²) >= 11 is 0. The van der Waals surface area contributed by atoms with Crippen molar-refractivity contribution in [1.29, 1.82) is 0 Å². The molecule has 0 aliphatic rings. The summed E-state index contributed by atoms with van der Waals surface area (Å²) < 4.78 is 5.18. The lowest BCUT2D eigenvalue weighted by Crippen LogP contribution is -2.20. The van der Waals surface area contributed by atoms with Gasteiger partial charge in [0.05, 0.1) is 24.6 Å². The summed E-state index contributed by atoms with van der Waals surface area (Å²) in [5.41, 5.74) is 12.5. The minimum Gasteiger partial charge on any atom is -0.497 e. The average Bonchev–Trinajstić information content (AvgIpc) is 2.46. The van der Waals surface area contributed by atoms with Crippen LogP contribution in [0.4, 0.5) is 17.2 Å². The Labute approximate surface area is 117 Å². The first-order chi connectivity index (χ1) is 9.52. The van der Waals surface area contributed by atoms with Crippen molar-refractivity contribution >= 4 is 23.1 Å². The lowest BCUT2D eigenvalue weighted by atomic mass is 10.2. The lowest BCUT2D eigenvalue weighted by molar-refractivity contribution is 0.100. The Balaban J connectivity index is 2.47. The molecule has 2 aromatic rings. The van der Waals surface area contributed by atoms with E-state index in [0.717, 1.165) is 5.69 Å². The molecule has 0 unspecified atom stereocenters. The summed E-state index contributed by atoms with van der Waals surface area (Å²) in [7, 11) is 3.38. The van der Waals surface area contributed by atoms with E-state index in [1.807, 2.05) is 24.3 Å². The van der Waals surface area contributed by atoms with Crippen LogP contribution in [0.2, 0.25) is 0 Å². The molecule has 1 heterocycles. The van der Waals surface area contributed by atoms with E-state index in [2.05, 4.69) is 4.98 Å². The highest BCUT2D eigenvalue weighted by molar-refractivity contribution is 5.99. The second kappa shape index (κ2) is 5.48. The molecule has 0 aliphatic carbocycles. The Kier molecular flexibility index (Phi) is 3.74. The van der Waals surface area contributed by atoms with Crippen molar-refractivity contribution in [2.45, 2.75) is 0 Å². The summed E-state index contributed by atoms with van der Waals surface area (Å²) in [5.74, 6) is 0.583. The van der Waals surface area contributed by atoms with E-state index in [-0.39, 0.29) is 5.56 Å². The van der Waals surface area contributed by atoms with Crippen molar-refractivity contribution in [3.8, 4) is 5.75 Å². The van der Waals surface area contributed by atoms with Crippen LogP contribution in [-0.4, -0.2) is 25.0 Å². The number of nitrogen functional groups attached to an aromatic ring is 1. The monoisotopic (exact) mass is 272 g/mol. The fraction of sp³-hybridized carbons (Fsp3) is 0.143. The quantitative estimate of drug-likeness (QED) is 0.880. The summed E-state index contributed by atoms with van der Waals surface area (Å²) in [6.45, 7) is 0. The lowest BCUT2D eigenvalue weighted by Gasteiger charge is -2.21. The maximum Gasteiger partial charge on any atom is 0.252 e. The molecule has 0 spiro atoms. The number of amides is 1. The molecule has 1 aromatic carbocycles. The van der Waals surface area contributed by atoms with Gasteiger partial charge in [0.2, 0.25) is 0 Å². The van der Waals surface area contributed by atoms with Crippen molar-refractivity contribution in [2.24, 2.45) is 5.73 Å². The van der Waals surface area contributed by atoms with E-state index < -0.39 is 5.91 Å². The van der Waals surface area contributed by atoms with Gasteiger partial charge in [-0.2, -0.15) is 0 Å². The zero-order valence-electron chi connectivity index (χ0n) is 11.3. The number of aromatic nitrogens is 1. The Hall–Kier alpha value is -2.76. The molecule has 0 saturated carbocycles. The van der Waals surface area contributed by atoms with Crippen LogP contribution in [0.25, 0.3) is 0 Å². The molecular formula is C14H16N4O2. The maximum absolute atomic E-state index is 11.5. The predicted molar refractivity (Wildman–Crippen MR) is 78.2 cm³/mol. The molecule has 0 fully saturated rings. The number of hydrogen-bond acceptors (Lipinski definition) is 5. The molecule has 0 bridgehead atoms. The smallest absolute Gasteiger partial charge is 0.252 e. The van der Waals surface area contributed by atoms with Crippen LogP contribution in [-0.2, 0) is 0 Å². The van der Waals surface area contributed by atoms with Gasteiger partial charge in [0.1, 0.15) is 11.6 Å². The number of nitrogens with two attached hydrogens (primary N) is 2. The molecule has 0 atom stereocenters. The van der Waals surface area contributed by atoms with Crippen LogP contribution in [0.5, 0.6) is 5.75 Å². The fourth-order valence-corrected chi connectivity index (χ4v) is 1.86. The summed E-state index contributed by atoms with van der Waals surface area (Å²) in [6, 6.07) is 8.92. The first-order valence-electron chi connectivity index (χ1n) is 5.96. The van der Waals surface area contributed by atoms with Crippen LogP contribution in [0.1, 0.15) is 10.4 Å². The minimum absolute atomic E-state index is 0.273. The number of hydrogen-bond donors (Lipinski definition) is 2. The van der Waals surface area contributed by atoms with Gasteiger partial charge in [-0.25, -0.2) is 4.98 Å². The van der Waals surface area contributed by atoms with Gasteiger partial charge in [-0.05, 0) is 18.2 Å². The van der Waals surface area contributed by atoms with Gasteiger partial charge in [-0.15, -0.1) is 0 Å². The molecule has 104 valence electrons. The number of anilines is 3. The van der Waals surface area contributed by atoms with E-state index in [1.165, 1.54) is 12.3 Å². The highest BCUT2D eigenvalue weighted by Gasteiger charge is 2.15. The summed E-state index contributed by atoms with van der Waals surface area (Å²) in [4.78, 5) is 17.5. The van der Waals surface area contributed by atoms with E-state index >= 15 is 0 Å². The summed E-state index contributed by atoms with van der Waals surface area (Å²) in [5, 5.41) is 0. The van der Waals surface area contributed by atoms with E-state index in [0.29, 0.717) is 17.3 Å². The third kappa shape index (κ3) is 2.64. The Morgan fingerprint density at radius 2 is 2.10 bits per heavy atom. The molecule has 0 aliphatic heterocycles. The van der Waals surface area contributed by atoms with Crippen molar-refractivity contribution < 1.29 is 9.53 Å². The van der Waals surface area contributed by atoms with Crippen LogP contribution >= 0.6 is 0 Å². The number of primary amides is 1. The molecule has 0 radical (unpaired) electrons. The van der Waals surface area contributed by atoms with Gasteiger partial charge in [-0.3, -0.25) is 4.79 Å². The summed E-state index contributed by atoms with van der Waals surface area (Å²) in [6.07, 6.45) is 1.48. The molecule has 1 aromatic heterocycles. The van der Waals surface area contributed by atoms with Crippen molar-refractivity contribution in [3.63, 3.8) is 0 Å². The van der Waals surface area contributed by atoms with Crippen LogP contribution in [0.15, 0.2) is 36.5 Å². The second-order valence-electron chi connectivity index (χ2n) is 4.26. The Morgan fingerprint density at radius 3 is 2.75 bits per heavy atom. The van der Waals surface area contributed by atoms with Gasteiger partial charge in [-0.1, -0.05) is 6.07 Å². The van der Waals surface area contributed by atoms with E-state index in [4.69, 9.17) is 16.2 Å². The number of ether oxygens (including phenoxy) is 1. The zero-order chi connectivity index (χ0) is 14.7. The zero-order valence-corrected chi connectivity index (χ0v) is 11.3. The molecular weight excluding hydrogens is 256 g/mol. The van der Waals surface area contributed by atoms with Gasteiger partial charge in [0.25, 0.3) is 5.91 Å². The molecule has 20 heavy (non-hydrogen) atoms. The number of nitrogens with zero attached hydrogens (tertiary/aromatic N) is 2. The molecule has 6 nitrogen and oxygen atoms in total. The highest BCUT2D eigenvalue weighted by Crippen LogP contribution is 2.28. The van der Waals surface area contributed by atoms with Crippen molar-refractivity contribution in [2.75, 3.05) is 24.8 Å². The van der Waals surface area contributed by atoms with Crippen LogP contribution in [0, 0.1) is 0 Å². The van der Waals surface area contributed by atoms with Crippen molar-refractivity contribution in [1.82, 2.24) is 4.98 Å². The van der Waals surface area contributed by atoms with Gasteiger partial charge < -0.3 is 21.1 Å². The fourth-order valence-electron chi connectivity index (χ4n) is 1.86. The molecule has 4 N–H and O–H groups in total. The normalized spacial score (nSPS) is 10.1. The van der Waals surface area contributed by atoms with E-state index in [9.17, 15) is 4.79 Å². The number of methoxy groups -OCH3 is 1.